The van der Waals surface area contributed by atoms with Crippen LogP contribution >= 0.6 is 0 Å². The monoisotopic (exact) mass is 217 g/mol. The number of hydrogen-bond acceptors (Lipinski definition) is 4. The van der Waals surface area contributed by atoms with Gasteiger partial charge in [0.1, 0.15) is 0 Å². The van der Waals surface area contributed by atoms with E-state index in [0.29, 0.717) is 19.6 Å². The molecule has 0 aromatic carbocycles. The van der Waals surface area contributed by atoms with Crippen LogP contribution in [0.3, 0.4) is 0 Å². The van der Waals surface area contributed by atoms with Gasteiger partial charge in [-0.3, -0.25) is 17.8 Å². The van der Waals surface area contributed by atoms with E-state index in [1.807, 2.05) is 0 Å². The Hall–Kier alpha value is -0.305. The highest BCUT2D eigenvalue weighted by Gasteiger charge is 2.06. The Balaban J connectivity index is 0. The summed E-state index contributed by atoms with van der Waals surface area (Å²) in [5, 5.41) is 25.5. The van der Waals surface area contributed by atoms with Crippen LogP contribution in [0.15, 0.2) is 0 Å². The van der Waals surface area contributed by atoms with Gasteiger partial charge in [0.25, 0.3) is 0 Å². The number of aliphatic hydroxyl groups excluding tert-OH is 3. The van der Waals surface area contributed by atoms with Crippen LogP contribution in [-0.4, -0.2) is 67.2 Å². The van der Waals surface area contributed by atoms with Gasteiger partial charge in [-0.15, -0.1) is 0 Å². The zero-order valence-corrected chi connectivity index (χ0v) is 7.74. The van der Waals surface area contributed by atoms with Crippen LogP contribution in [-0.2, 0) is 0 Å². The smallest absolute Gasteiger partial charge is 0.395 e. The summed E-state index contributed by atoms with van der Waals surface area (Å²) in [7, 11) is -3.67. The molecule has 0 radical (unpaired) electrons. The molecule has 0 atom stereocenters. The minimum absolute atomic E-state index is 0.0694. The lowest BCUT2D eigenvalue weighted by Crippen LogP contribution is -2.32. The standard InChI is InChI=1S/C6H15NO3.BF3/c8-4-1-7(2-5-9)3-6-10;2-1(3)4/h8-10H,1-6H2;. The first-order valence-corrected chi connectivity index (χ1v) is 4.05. The maximum absolute atomic E-state index is 9.67. The lowest BCUT2D eigenvalue weighted by Gasteiger charge is -2.17. The van der Waals surface area contributed by atoms with E-state index in [0.717, 1.165) is 0 Å². The Morgan fingerprint density at radius 3 is 1.14 bits per heavy atom. The van der Waals surface area contributed by atoms with Crippen LogP contribution < -0.4 is 0 Å². The molecule has 0 saturated carbocycles. The summed E-state index contributed by atoms with van der Waals surface area (Å²) < 4.78 is 29.0. The highest BCUT2D eigenvalue weighted by molar-refractivity contribution is 6.33. The molecule has 4 nitrogen and oxygen atoms in total. The maximum atomic E-state index is 9.67. The predicted octanol–water partition coefficient (Wildman–Crippen LogP) is -0.855. The maximum Gasteiger partial charge on any atom is 0.762 e. The highest BCUT2D eigenvalue weighted by atomic mass is 19.4. The molecule has 0 aromatic rings. The fourth-order valence-corrected chi connectivity index (χ4v) is 0.760. The first kappa shape index (κ1) is 16.1. The van der Waals surface area contributed by atoms with Gasteiger partial charge >= 0.3 is 7.54 Å². The molecule has 86 valence electrons. The summed E-state index contributed by atoms with van der Waals surface area (Å²) in [5.41, 5.74) is 0. The Morgan fingerprint density at radius 1 is 0.786 bits per heavy atom. The van der Waals surface area contributed by atoms with Gasteiger partial charge < -0.3 is 15.3 Å². The largest absolute Gasteiger partial charge is 0.762 e. The van der Waals surface area contributed by atoms with Crippen molar-refractivity contribution in [3.05, 3.63) is 0 Å². The van der Waals surface area contributed by atoms with Gasteiger partial charge in [0, 0.05) is 19.6 Å². The predicted molar refractivity (Wildman–Crippen MR) is 46.8 cm³/mol. The summed E-state index contributed by atoms with van der Waals surface area (Å²) in [5.74, 6) is 0. The third kappa shape index (κ3) is 17.7. The second-order valence-corrected chi connectivity index (χ2v) is 2.26. The first-order chi connectivity index (χ1) is 6.58. The summed E-state index contributed by atoms with van der Waals surface area (Å²) in [6.45, 7) is 1.75. The Labute approximate surface area is 81.2 Å². The molecule has 0 rings (SSSR count). The average molecular weight is 217 g/mol. The van der Waals surface area contributed by atoms with Gasteiger partial charge in [0.2, 0.25) is 0 Å². The van der Waals surface area contributed by atoms with Gasteiger partial charge in [-0.05, 0) is 0 Å². The van der Waals surface area contributed by atoms with Crippen molar-refractivity contribution in [2.75, 3.05) is 39.5 Å². The van der Waals surface area contributed by atoms with Gasteiger partial charge in [0.15, 0.2) is 0 Å². The molecule has 0 aromatic heterocycles. The summed E-state index contributed by atoms with van der Waals surface area (Å²) in [6.07, 6.45) is 0. The van der Waals surface area contributed by atoms with Crippen molar-refractivity contribution in [1.29, 1.82) is 0 Å². The molecule has 14 heavy (non-hydrogen) atoms. The van der Waals surface area contributed by atoms with Gasteiger partial charge in [-0.25, -0.2) is 0 Å². The lowest BCUT2D eigenvalue weighted by atomic mass is 10.4. The third-order valence-electron chi connectivity index (χ3n) is 1.25. The van der Waals surface area contributed by atoms with Crippen molar-refractivity contribution in [3.8, 4) is 0 Å². The Bertz CT molecular complexity index is 95.3. The fourth-order valence-electron chi connectivity index (χ4n) is 0.760. The van der Waals surface area contributed by atoms with Crippen LogP contribution in [0.2, 0.25) is 0 Å². The molecule has 0 spiro atoms. The SMILES string of the molecule is FB(F)F.OCCN(CCO)CCO. The van der Waals surface area contributed by atoms with Gasteiger partial charge in [-0.1, -0.05) is 0 Å². The van der Waals surface area contributed by atoms with Crippen molar-refractivity contribution < 1.29 is 28.3 Å². The number of halogens is 3. The molecular formula is C6H15BF3NO3. The van der Waals surface area contributed by atoms with Crippen LogP contribution in [0, 0.1) is 0 Å². The van der Waals surface area contributed by atoms with E-state index in [1.54, 1.807) is 4.90 Å². The molecule has 0 unspecified atom stereocenters. The molecular weight excluding hydrogens is 202 g/mol. The van der Waals surface area contributed by atoms with E-state index in [1.165, 1.54) is 0 Å². The van der Waals surface area contributed by atoms with Crippen LogP contribution in [0.5, 0.6) is 0 Å². The molecule has 0 saturated heterocycles. The second kappa shape index (κ2) is 12.7. The van der Waals surface area contributed by atoms with E-state index in [4.69, 9.17) is 15.3 Å². The summed E-state index contributed by atoms with van der Waals surface area (Å²) in [4.78, 5) is 1.79. The summed E-state index contributed by atoms with van der Waals surface area (Å²) >= 11 is 0. The highest BCUT2D eigenvalue weighted by Crippen LogP contribution is 1.84. The molecule has 0 amide bonds. The average Bonchev–Trinajstić information content (AvgIpc) is 2.04. The zero-order valence-electron chi connectivity index (χ0n) is 7.74. The Kier molecular flexibility index (Phi) is 14.6. The molecule has 0 bridgehead atoms. The van der Waals surface area contributed by atoms with E-state index < -0.39 is 7.54 Å². The molecule has 0 fully saturated rings. The summed E-state index contributed by atoms with van der Waals surface area (Å²) in [6, 6.07) is 0. The topological polar surface area (TPSA) is 63.9 Å². The molecule has 0 aliphatic rings. The molecule has 8 heteroatoms. The van der Waals surface area contributed by atoms with Crippen LogP contribution in [0.25, 0.3) is 0 Å². The minimum Gasteiger partial charge on any atom is -0.395 e. The third-order valence-corrected chi connectivity index (χ3v) is 1.25. The molecule has 3 N–H and O–H groups in total. The van der Waals surface area contributed by atoms with Gasteiger partial charge in [-0.2, -0.15) is 0 Å². The lowest BCUT2D eigenvalue weighted by molar-refractivity contribution is 0.136. The normalized spacial score (nSPS) is 9.64. The van der Waals surface area contributed by atoms with Crippen molar-refractivity contribution in [2.45, 2.75) is 0 Å². The number of rotatable bonds is 6. The zero-order chi connectivity index (χ0) is 11.4. The van der Waals surface area contributed by atoms with Gasteiger partial charge in [0.05, 0.1) is 19.8 Å². The fraction of sp³-hybridized carbons (Fsp3) is 1.00. The molecule has 0 aliphatic carbocycles. The van der Waals surface area contributed by atoms with Crippen LogP contribution in [0.1, 0.15) is 0 Å². The van der Waals surface area contributed by atoms with Crippen LogP contribution in [0.4, 0.5) is 12.9 Å². The van der Waals surface area contributed by atoms with Crippen molar-refractivity contribution in [2.24, 2.45) is 0 Å². The molecule has 0 aliphatic heterocycles. The van der Waals surface area contributed by atoms with Crippen molar-refractivity contribution in [1.82, 2.24) is 4.90 Å². The van der Waals surface area contributed by atoms with E-state index in [2.05, 4.69) is 0 Å². The second-order valence-electron chi connectivity index (χ2n) is 2.26. The quantitative estimate of drug-likeness (QED) is 0.507. The number of aliphatic hydroxyl groups is 3. The van der Waals surface area contributed by atoms with Crippen molar-refractivity contribution >= 4 is 7.54 Å². The first-order valence-electron chi connectivity index (χ1n) is 4.05. The number of nitrogens with zero attached hydrogens (tertiary/aromatic N) is 1. The van der Waals surface area contributed by atoms with E-state index in [-0.39, 0.29) is 19.8 Å². The number of hydrogen-bond donors (Lipinski definition) is 3. The van der Waals surface area contributed by atoms with Crippen molar-refractivity contribution in [3.63, 3.8) is 0 Å². The van der Waals surface area contributed by atoms with E-state index >= 15 is 0 Å². The molecule has 0 heterocycles. The minimum atomic E-state index is -3.67. The van der Waals surface area contributed by atoms with E-state index in [9.17, 15) is 12.9 Å². The Morgan fingerprint density at radius 2 is 1.00 bits per heavy atom.